The molecule has 1 heterocycles. The first-order valence-corrected chi connectivity index (χ1v) is 6.88. The van der Waals surface area contributed by atoms with Crippen molar-refractivity contribution < 1.29 is 4.39 Å². The van der Waals surface area contributed by atoms with Crippen LogP contribution in [0.25, 0.3) is 11.0 Å². The molecule has 1 aromatic carbocycles. The minimum atomic E-state index is -0.431. The molecule has 2 N–H and O–H groups in total. The Morgan fingerprint density at radius 2 is 2.11 bits per heavy atom. The fourth-order valence-electron chi connectivity index (χ4n) is 2.83. The van der Waals surface area contributed by atoms with Gasteiger partial charge in [0.2, 0.25) is 0 Å². The lowest BCUT2D eigenvalue weighted by molar-refractivity contribution is 0.373. The molecule has 1 aromatic heterocycles. The number of aromatic nitrogens is 2. The van der Waals surface area contributed by atoms with E-state index in [0.29, 0.717) is 5.92 Å². The number of imidazole rings is 1. The highest BCUT2D eigenvalue weighted by molar-refractivity contribution is 5.76. The lowest BCUT2D eigenvalue weighted by Crippen LogP contribution is -2.38. The molecule has 102 valence electrons. The predicted molar refractivity (Wildman–Crippen MR) is 74.3 cm³/mol. The smallest absolute Gasteiger partial charge is 0.130 e. The molecular formula is C15H20FN3. The van der Waals surface area contributed by atoms with Crippen LogP contribution >= 0.6 is 0 Å². The van der Waals surface area contributed by atoms with Gasteiger partial charge in [0.15, 0.2) is 0 Å². The fraction of sp³-hybridized carbons (Fsp3) is 0.533. The number of benzene rings is 1. The molecule has 1 unspecified atom stereocenters. The molecule has 0 amide bonds. The molecule has 2 aromatic rings. The number of nitrogens with zero attached hydrogens (tertiary/aromatic N) is 2. The molecular weight excluding hydrogens is 241 g/mol. The van der Waals surface area contributed by atoms with E-state index in [1.54, 1.807) is 12.1 Å². The molecule has 0 spiro atoms. The van der Waals surface area contributed by atoms with Crippen molar-refractivity contribution in [2.24, 2.45) is 11.7 Å². The maximum atomic E-state index is 13.5. The van der Waals surface area contributed by atoms with Crippen molar-refractivity contribution in [3.8, 4) is 0 Å². The Bertz CT molecular complexity index is 624. The van der Waals surface area contributed by atoms with Crippen molar-refractivity contribution in [1.29, 1.82) is 0 Å². The second kappa shape index (κ2) is 4.04. The zero-order valence-electron chi connectivity index (χ0n) is 11.7. The van der Waals surface area contributed by atoms with E-state index in [9.17, 15) is 4.39 Å². The molecule has 0 radical (unpaired) electrons. The molecule has 0 bridgehead atoms. The maximum Gasteiger partial charge on any atom is 0.130 e. The standard InChI is InChI=1S/C15H20FN3/c1-9(2)19-13-8-11(16)6-7-12(13)18-14(19)15(3,17)10-4-5-10/h6-10H,4-5,17H2,1-3H3. The average molecular weight is 261 g/mol. The van der Waals surface area contributed by atoms with E-state index in [1.807, 2.05) is 6.92 Å². The van der Waals surface area contributed by atoms with E-state index < -0.39 is 5.54 Å². The summed E-state index contributed by atoms with van der Waals surface area (Å²) in [7, 11) is 0. The monoisotopic (exact) mass is 261 g/mol. The van der Waals surface area contributed by atoms with Gasteiger partial charge >= 0.3 is 0 Å². The summed E-state index contributed by atoms with van der Waals surface area (Å²) in [6.45, 7) is 6.21. The first-order valence-electron chi connectivity index (χ1n) is 6.88. The van der Waals surface area contributed by atoms with Gasteiger partial charge in [-0.3, -0.25) is 0 Å². The summed E-state index contributed by atoms with van der Waals surface area (Å²) in [5.41, 5.74) is 7.73. The van der Waals surface area contributed by atoms with Gasteiger partial charge in [-0.15, -0.1) is 0 Å². The predicted octanol–water partition coefficient (Wildman–Crippen LogP) is 3.34. The molecule has 19 heavy (non-hydrogen) atoms. The Morgan fingerprint density at radius 1 is 1.42 bits per heavy atom. The summed E-state index contributed by atoms with van der Waals surface area (Å²) in [5.74, 6) is 1.14. The minimum Gasteiger partial charge on any atom is -0.324 e. The number of hydrogen-bond acceptors (Lipinski definition) is 2. The van der Waals surface area contributed by atoms with Gasteiger partial charge in [0, 0.05) is 6.04 Å². The zero-order valence-corrected chi connectivity index (χ0v) is 11.7. The molecule has 1 atom stereocenters. The lowest BCUT2D eigenvalue weighted by atomic mass is 9.96. The van der Waals surface area contributed by atoms with Crippen molar-refractivity contribution in [3.05, 3.63) is 29.8 Å². The number of hydrogen-bond donors (Lipinski definition) is 1. The second-order valence-electron chi connectivity index (χ2n) is 6.09. The molecule has 1 fully saturated rings. The number of rotatable bonds is 3. The second-order valence-corrected chi connectivity index (χ2v) is 6.09. The highest BCUT2D eigenvalue weighted by Crippen LogP contribution is 2.44. The zero-order chi connectivity index (χ0) is 13.8. The minimum absolute atomic E-state index is 0.212. The van der Waals surface area contributed by atoms with Crippen LogP contribution in [-0.2, 0) is 5.54 Å². The first kappa shape index (κ1) is 12.6. The van der Waals surface area contributed by atoms with Crippen LogP contribution in [0.5, 0.6) is 0 Å². The lowest BCUT2D eigenvalue weighted by Gasteiger charge is -2.26. The van der Waals surface area contributed by atoms with Gasteiger partial charge in [0.05, 0.1) is 16.6 Å². The van der Waals surface area contributed by atoms with Crippen molar-refractivity contribution in [2.45, 2.75) is 45.2 Å². The first-order chi connectivity index (χ1) is 8.91. The number of nitrogens with two attached hydrogens (primary N) is 1. The van der Waals surface area contributed by atoms with Gasteiger partial charge in [-0.05, 0) is 57.7 Å². The van der Waals surface area contributed by atoms with Gasteiger partial charge in [0.1, 0.15) is 11.6 Å². The van der Waals surface area contributed by atoms with Gasteiger partial charge in [-0.25, -0.2) is 9.37 Å². The van der Waals surface area contributed by atoms with E-state index in [4.69, 9.17) is 5.73 Å². The fourth-order valence-corrected chi connectivity index (χ4v) is 2.83. The third-order valence-electron chi connectivity index (χ3n) is 4.08. The molecule has 1 aliphatic carbocycles. The Balaban J connectivity index is 2.26. The molecule has 3 nitrogen and oxygen atoms in total. The van der Waals surface area contributed by atoms with Crippen LogP contribution in [0.1, 0.15) is 45.5 Å². The van der Waals surface area contributed by atoms with Gasteiger partial charge < -0.3 is 10.3 Å². The number of fused-ring (bicyclic) bond motifs is 1. The van der Waals surface area contributed by atoms with Crippen LogP contribution in [-0.4, -0.2) is 9.55 Å². The van der Waals surface area contributed by atoms with Crippen LogP contribution in [0.15, 0.2) is 18.2 Å². The van der Waals surface area contributed by atoms with Gasteiger partial charge in [-0.2, -0.15) is 0 Å². The topological polar surface area (TPSA) is 43.8 Å². The van der Waals surface area contributed by atoms with Gasteiger partial charge in [-0.1, -0.05) is 0 Å². The SMILES string of the molecule is CC(C)n1c(C(C)(N)C2CC2)nc2ccc(F)cc21. The summed E-state index contributed by atoms with van der Waals surface area (Å²) in [5, 5.41) is 0. The number of halogens is 1. The van der Waals surface area contributed by atoms with Crippen LogP contribution in [0.4, 0.5) is 4.39 Å². The molecule has 0 saturated heterocycles. The van der Waals surface area contributed by atoms with E-state index in [0.717, 1.165) is 29.7 Å². The normalized spacial score (nSPS) is 19.1. The molecule has 0 aliphatic heterocycles. The summed E-state index contributed by atoms with van der Waals surface area (Å²) in [6, 6.07) is 4.95. The Labute approximate surface area is 112 Å². The van der Waals surface area contributed by atoms with Crippen molar-refractivity contribution >= 4 is 11.0 Å². The van der Waals surface area contributed by atoms with Crippen molar-refractivity contribution in [3.63, 3.8) is 0 Å². The van der Waals surface area contributed by atoms with Crippen LogP contribution < -0.4 is 5.73 Å². The Morgan fingerprint density at radius 3 is 2.68 bits per heavy atom. The maximum absolute atomic E-state index is 13.5. The van der Waals surface area contributed by atoms with Crippen LogP contribution in [0.2, 0.25) is 0 Å². The summed E-state index contributed by atoms with van der Waals surface area (Å²) in [6.07, 6.45) is 2.31. The molecule has 4 heteroatoms. The highest BCUT2D eigenvalue weighted by Gasteiger charge is 2.43. The summed E-state index contributed by atoms with van der Waals surface area (Å²) < 4.78 is 15.6. The van der Waals surface area contributed by atoms with Crippen LogP contribution in [0, 0.1) is 11.7 Å². The van der Waals surface area contributed by atoms with Crippen molar-refractivity contribution in [2.75, 3.05) is 0 Å². The third-order valence-corrected chi connectivity index (χ3v) is 4.08. The van der Waals surface area contributed by atoms with Crippen LogP contribution in [0.3, 0.4) is 0 Å². The molecule has 3 rings (SSSR count). The Hall–Kier alpha value is -1.42. The van der Waals surface area contributed by atoms with E-state index in [-0.39, 0.29) is 11.9 Å². The van der Waals surface area contributed by atoms with Crippen molar-refractivity contribution in [1.82, 2.24) is 9.55 Å². The average Bonchev–Trinajstić information content (AvgIpc) is 3.10. The largest absolute Gasteiger partial charge is 0.324 e. The third kappa shape index (κ3) is 1.94. The summed E-state index contributed by atoms with van der Waals surface area (Å²) in [4.78, 5) is 4.68. The Kier molecular flexibility index (Phi) is 2.68. The van der Waals surface area contributed by atoms with E-state index in [2.05, 4.69) is 23.4 Å². The van der Waals surface area contributed by atoms with Gasteiger partial charge in [0.25, 0.3) is 0 Å². The van der Waals surface area contributed by atoms with E-state index >= 15 is 0 Å². The molecule has 1 saturated carbocycles. The quantitative estimate of drug-likeness (QED) is 0.921. The summed E-state index contributed by atoms with van der Waals surface area (Å²) >= 11 is 0. The highest BCUT2D eigenvalue weighted by atomic mass is 19.1. The van der Waals surface area contributed by atoms with E-state index in [1.165, 1.54) is 6.07 Å². The molecule has 1 aliphatic rings.